The third kappa shape index (κ3) is 6.71. The SMILES string of the molecule is COc1ccc(S(=O)(=O)N(CC(=O)NCCCc2ccccc2Cl)c2cc(C)cc(C)c2)cc1OC. The van der Waals surface area contributed by atoms with Crippen molar-refractivity contribution in [2.45, 2.75) is 31.6 Å². The first-order valence-corrected chi connectivity index (χ1v) is 13.3. The van der Waals surface area contributed by atoms with Gasteiger partial charge in [-0.15, -0.1) is 0 Å². The number of carbonyl (C=O) groups is 1. The van der Waals surface area contributed by atoms with Gasteiger partial charge in [0.2, 0.25) is 5.91 Å². The minimum Gasteiger partial charge on any atom is -0.493 e. The second-order valence-corrected chi connectivity index (χ2v) is 10.7. The monoisotopic (exact) mass is 530 g/mol. The lowest BCUT2D eigenvalue weighted by atomic mass is 10.1. The molecule has 0 saturated carbocycles. The lowest BCUT2D eigenvalue weighted by molar-refractivity contribution is -0.119. The van der Waals surface area contributed by atoms with E-state index < -0.39 is 15.9 Å². The van der Waals surface area contributed by atoms with Crippen LogP contribution in [0.5, 0.6) is 11.5 Å². The summed E-state index contributed by atoms with van der Waals surface area (Å²) in [5, 5.41) is 3.52. The molecule has 1 amide bonds. The van der Waals surface area contributed by atoms with Gasteiger partial charge in [0, 0.05) is 17.6 Å². The molecular formula is C27H31ClN2O5S. The van der Waals surface area contributed by atoms with Gasteiger partial charge >= 0.3 is 0 Å². The van der Waals surface area contributed by atoms with E-state index in [0.717, 1.165) is 21.0 Å². The molecule has 0 aliphatic heterocycles. The molecule has 3 aromatic rings. The molecule has 0 aromatic heterocycles. The topological polar surface area (TPSA) is 84.9 Å². The number of ether oxygens (including phenoxy) is 2. The molecular weight excluding hydrogens is 500 g/mol. The number of benzene rings is 3. The Morgan fingerprint density at radius 2 is 1.61 bits per heavy atom. The Bertz CT molecular complexity index is 1310. The first-order chi connectivity index (χ1) is 17.1. The predicted octanol–water partition coefficient (Wildman–Crippen LogP) is 4.92. The van der Waals surface area contributed by atoms with E-state index >= 15 is 0 Å². The highest BCUT2D eigenvalue weighted by atomic mass is 35.5. The van der Waals surface area contributed by atoms with E-state index in [4.69, 9.17) is 21.1 Å². The number of aryl methyl sites for hydroxylation is 3. The Morgan fingerprint density at radius 3 is 2.25 bits per heavy atom. The minimum absolute atomic E-state index is 0.00849. The number of amides is 1. The van der Waals surface area contributed by atoms with Gasteiger partial charge in [-0.2, -0.15) is 0 Å². The number of sulfonamides is 1. The van der Waals surface area contributed by atoms with Gasteiger partial charge in [-0.25, -0.2) is 8.42 Å². The quantitative estimate of drug-likeness (QED) is 0.356. The van der Waals surface area contributed by atoms with E-state index in [-0.39, 0.29) is 17.2 Å². The van der Waals surface area contributed by atoms with Gasteiger partial charge in [0.25, 0.3) is 10.0 Å². The summed E-state index contributed by atoms with van der Waals surface area (Å²) >= 11 is 6.20. The summed E-state index contributed by atoms with van der Waals surface area (Å²) in [6.07, 6.45) is 1.37. The fourth-order valence-electron chi connectivity index (χ4n) is 3.91. The van der Waals surface area contributed by atoms with Crippen LogP contribution in [0.25, 0.3) is 0 Å². The molecule has 0 bridgehead atoms. The molecule has 0 atom stereocenters. The summed E-state index contributed by atoms with van der Waals surface area (Å²) in [6, 6.07) is 17.4. The normalized spacial score (nSPS) is 11.1. The average Bonchev–Trinajstić information content (AvgIpc) is 2.85. The molecule has 9 heteroatoms. The van der Waals surface area contributed by atoms with Crippen molar-refractivity contribution in [3.8, 4) is 11.5 Å². The zero-order valence-corrected chi connectivity index (χ0v) is 22.4. The number of hydrogen-bond donors (Lipinski definition) is 1. The van der Waals surface area contributed by atoms with Crippen molar-refractivity contribution in [3.05, 3.63) is 82.4 Å². The molecule has 1 N–H and O–H groups in total. The van der Waals surface area contributed by atoms with Crippen LogP contribution in [0.1, 0.15) is 23.1 Å². The lowest BCUT2D eigenvalue weighted by Gasteiger charge is -2.25. The molecule has 36 heavy (non-hydrogen) atoms. The number of halogens is 1. The summed E-state index contributed by atoms with van der Waals surface area (Å²) in [7, 11) is -1.19. The molecule has 0 unspecified atom stereocenters. The predicted molar refractivity (Wildman–Crippen MR) is 143 cm³/mol. The second-order valence-electron chi connectivity index (χ2n) is 8.42. The van der Waals surface area contributed by atoms with Crippen LogP contribution >= 0.6 is 11.6 Å². The number of hydrogen-bond acceptors (Lipinski definition) is 5. The van der Waals surface area contributed by atoms with Crippen LogP contribution in [-0.2, 0) is 21.2 Å². The van der Waals surface area contributed by atoms with Crippen molar-refractivity contribution in [3.63, 3.8) is 0 Å². The number of rotatable bonds is 11. The number of nitrogens with zero attached hydrogens (tertiary/aromatic N) is 1. The van der Waals surface area contributed by atoms with Crippen LogP contribution in [-0.4, -0.2) is 41.6 Å². The smallest absolute Gasteiger partial charge is 0.264 e. The molecule has 0 spiro atoms. The van der Waals surface area contributed by atoms with Gasteiger partial charge in [-0.1, -0.05) is 35.9 Å². The van der Waals surface area contributed by atoms with Gasteiger partial charge in [-0.3, -0.25) is 9.10 Å². The standard InChI is InChI=1S/C27H31ClN2O5S/c1-19-14-20(2)16-22(15-19)30(36(32,33)23-11-12-25(34-3)26(17-23)35-4)18-27(31)29-13-7-9-21-8-5-6-10-24(21)28/h5-6,8,10-12,14-17H,7,9,13,18H2,1-4H3,(H,29,31). The highest BCUT2D eigenvalue weighted by molar-refractivity contribution is 7.92. The number of methoxy groups -OCH3 is 2. The molecule has 3 aromatic carbocycles. The Balaban J connectivity index is 1.82. The molecule has 0 aliphatic carbocycles. The highest BCUT2D eigenvalue weighted by Gasteiger charge is 2.28. The number of nitrogens with one attached hydrogen (secondary N) is 1. The van der Waals surface area contributed by atoms with Gasteiger partial charge in [0.05, 0.1) is 24.8 Å². The third-order valence-corrected chi connectivity index (χ3v) is 7.77. The maximum absolute atomic E-state index is 13.7. The first kappa shape index (κ1) is 27.4. The Morgan fingerprint density at radius 1 is 0.944 bits per heavy atom. The molecule has 3 rings (SSSR count). The van der Waals surface area contributed by atoms with Crippen LogP contribution in [0.2, 0.25) is 5.02 Å². The zero-order chi connectivity index (χ0) is 26.3. The molecule has 192 valence electrons. The second kappa shape index (κ2) is 12.1. The van der Waals surface area contributed by atoms with E-state index in [1.165, 1.54) is 32.4 Å². The fraction of sp³-hybridized carbons (Fsp3) is 0.296. The van der Waals surface area contributed by atoms with E-state index in [1.807, 2.05) is 44.2 Å². The molecule has 0 heterocycles. The molecule has 0 fully saturated rings. The van der Waals surface area contributed by atoms with Crippen LogP contribution in [0.3, 0.4) is 0 Å². The lowest BCUT2D eigenvalue weighted by Crippen LogP contribution is -2.41. The Hall–Kier alpha value is -3.23. The molecule has 0 saturated heterocycles. The van der Waals surface area contributed by atoms with E-state index in [9.17, 15) is 13.2 Å². The van der Waals surface area contributed by atoms with Crippen molar-refractivity contribution in [1.29, 1.82) is 0 Å². The summed E-state index contributed by atoms with van der Waals surface area (Å²) in [5.41, 5.74) is 3.19. The van der Waals surface area contributed by atoms with Gasteiger partial charge in [0.1, 0.15) is 6.54 Å². The van der Waals surface area contributed by atoms with E-state index in [1.54, 1.807) is 12.1 Å². The van der Waals surface area contributed by atoms with Gasteiger partial charge in [0.15, 0.2) is 11.5 Å². The molecule has 7 nitrogen and oxygen atoms in total. The summed E-state index contributed by atoms with van der Waals surface area (Å²) in [5.74, 6) is 0.283. The summed E-state index contributed by atoms with van der Waals surface area (Å²) in [4.78, 5) is 12.9. The number of carbonyl (C=O) groups excluding carboxylic acids is 1. The maximum atomic E-state index is 13.7. The molecule has 0 radical (unpaired) electrons. The van der Waals surface area contributed by atoms with Gasteiger partial charge < -0.3 is 14.8 Å². The summed E-state index contributed by atoms with van der Waals surface area (Å²) in [6.45, 7) is 3.78. The maximum Gasteiger partial charge on any atom is 0.264 e. The van der Waals surface area contributed by atoms with Crippen molar-refractivity contribution < 1.29 is 22.7 Å². The Kier molecular flexibility index (Phi) is 9.23. The largest absolute Gasteiger partial charge is 0.493 e. The van der Waals surface area contributed by atoms with Gasteiger partial charge in [-0.05, 0) is 73.7 Å². The van der Waals surface area contributed by atoms with Crippen LogP contribution < -0.4 is 19.1 Å². The Labute approximate surface area is 218 Å². The van der Waals surface area contributed by atoms with Crippen molar-refractivity contribution in [2.75, 3.05) is 31.6 Å². The van der Waals surface area contributed by atoms with Crippen LogP contribution in [0.15, 0.2) is 65.6 Å². The highest BCUT2D eigenvalue weighted by Crippen LogP contribution is 2.32. The first-order valence-electron chi connectivity index (χ1n) is 11.5. The number of anilines is 1. The molecule has 0 aliphatic rings. The van der Waals surface area contributed by atoms with E-state index in [0.29, 0.717) is 35.8 Å². The van der Waals surface area contributed by atoms with Crippen molar-refractivity contribution in [1.82, 2.24) is 5.32 Å². The average molecular weight is 531 g/mol. The van der Waals surface area contributed by atoms with Crippen LogP contribution in [0, 0.1) is 13.8 Å². The van der Waals surface area contributed by atoms with Crippen molar-refractivity contribution in [2.24, 2.45) is 0 Å². The van der Waals surface area contributed by atoms with Crippen LogP contribution in [0.4, 0.5) is 5.69 Å². The summed E-state index contributed by atoms with van der Waals surface area (Å²) < 4.78 is 39.1. The van der Waals surface area contributed by atoms with Crippen molar-refractivity contribution >= 4 is 33.2 Å². The minimum atomic E-state index is -4.10. The van der Waals surface area contributed by atoms with E-state index in [2.05, 4.69) is 5.32 Å². The fourth-order valence-corrected chi connectivity index (χ4v) is 5.56. The third-order valence-electron chi connectivity index (χ3n) is 5.63. The zero-order valence-electron chi connectivity index (χ0n) is 20.9.